The molecule has 0 bridgehead atoms. The van der Waals surface area contributed by atoms with E-state index in [1.54, 1.807) is 0 Å². The van der Waals surface area contributed by atoms with Crippen LogP contribution in [0.4, 0.5) is 8.78 Å². The van der Waals surface area contributed by atoms with Gasteiger partial charge >= 0.3 is 0 Å². The highest BCUT2D eigenvalue weighted by atomic mass is 32.2. The van der Waals surface area contributed by atoms with Crippen molar-refractivity contribution in [2.24, 2.45) is 0 Å². The van der Waals surface area contributed by atoms with Crippen LogP contribution in [-0.2, 0) is 10.0 Å². The van der Waals surface area contributed by atoms with E-state index < -0.39 is 26.6 Å². The molecule has 1 unspecified atom stereocenters. The lowest BCUT2D eigenvalue weighted by Crippen LogP contribution is -2.31. The lowest BCUT2D eigenvalue weighted by Gasteiger charge is -2.12. The van der Waals surface area contributed by atoms with E-state index in [1.807, 2.05) is 0 Å². The van der Waals surface area contributed by atoms with Crippen LogP contribution in [0.25, 0.3) is 0 Å². The van der Waals surface area contributed by atoms with Crippen LogP contribution >= 0.6 is 0 Å². The minimum atomic E-state index is -4.14. The number of hydrogen-bond acceptors (Lipinski definition) is 3. The molecule has 1 aliphatic heterocycles. The summed E-state index contributed by atoms with van der Waals surface area (Å²) < 4.78 is 52.7. The van der Waals surface area contributed by atoms with Crippen molar-refractivity contribution in [2.45, 2.75) is 30.2 Å². The highest BCUT2D eigenvalue weighted by Crippen LogP contribution is 2.18. The van der Waals surface area contributed by atoms with Gasteiger partial charge in [0.15, 0.2) is 4.90 Å². The Morgan fingerprint density at radius 2 is 2.00 bits per heavy atom. The van der Waals surface area contributed by atoms with E-state index >= 15 is 0 Å². The van der Waals surface area contributed by atoms with Gasteiger partial charge in [-0.05, 0) is 37.9 Å². The number of rotatable bonds is 5. The first-order valence-electron chi connectivity index (χ1n) is 6.18. The van der Waals surface area contributed by atoms with Crippen LogP contribution in [0.1, 0.15) is 19.3 Å². The molecule has 1 atom stereocenters. The molecule has 7 heteroatoms. The summed E-state index contributed by atoms with van der Waals surface area (Å²) in [6.07, 6.45) is 2.67. The zero-order valence-corrected chi connectivity index (χ0v) is 11.1. The molecule has 1 saturated heterocycles. The second-order valence-corrected chi connectivity index (χ2v) is 6.23. The van der Waals surface area contributed by atoms with Crippen molar-refractivity contribution in [1.82, 2.24) is 10.0 Å². The van der Waals surface area contributed by atoms with Gasteiger partial charge in [-0.15, -0.1) is 0 Å². The van der Waals surface area contributed by atoms with Gasteiger partial charge in [-0.2, -0.15) is 0 Å². The largest absolute Gasteiger partial charge is 0.314 e. The van der Waals surface area contributed by atoms with E-state index in [2.05, 4.69) is 10.0 Å². The molecule has 4 nitrogen and oxygen atoms in total. The molecule has 2 rings (SSSR count). The van der Waals surface area contributed by atoms with E-state index in [0.717, 1.165) is 37.6 Å². The molecule has 0 radical (unpaired) electrons. The van der Waals surface area contributed by atoms with Crippen LogP contribution in [0.15, 0.2) is 23.1 Å². The molecule has 0 spiro atoms. The Morgan fingerprint density at radius 3 is 2.58 bits per heavy atom. The monoisotopic (exact) mass is 290 g/mol. The van der Waals surface area contributed by atoms with Crippen LogP contribution in [0.5, 0.6) is 0 Å². The van der Waals surface area contributed by atoms with Crippen molar-refractivity contribution >= 4 is 10.0 Å². The Bertz CT molecular complexity index is 522. The molecule has 1 aliphatic rings. The maximum absolute atomic E-state index is 13.4. The number of sulfonamides is 1. The zero-order valence-electron chi connectivity index (χ0n) is 10.3. The van der Waals surface area contributed by atoms with E-state index in [0.29, 0.717) is 6.42 Å². The van der Waals surface area contributed by atoms with Crippen molar-refractivity contribution in [1.29, 1.82) is 0 Å². The fourth-order valence-corrected chi connectivity index (χ4v) is 3.36. The summed E-state index contributed by atoms with van der Waals surface area (Å²) in [5, 5.41) is 3.22. The van der Waals surface area contributed by atoms with Gasteiger partial charge in [-0.25, -0.2) is 21.9 Å². The maximum atomic E-state index is 13.4. The average Bonchev–Trinajstić information content (AvgIpc) is 2.81. The average molecular weight is 290 g/mol. The van der Waals surface area contributed by atoms with Gasteiger partial charge in [-0.3, -0.25) is 0 Å². The second kappa shape index (κ2) is 5.94. The third-order valence-corrected chi connectivity index (χ3v) is 4.65. The highest BCUT2D eigenvalue weighted by molar-refractivity contribution is 7.89. The number of halogens is 2. The van der Waals surface area contributed by atoms with Gasteiger partial charge in [0.05, 0.1) is 0 Å². The molecule has 0 aromatic heterocycles. The SMILES string of the molecule is O=S(=O)(NCCC1CCCN1)c1c(F)cccc1F. The second-order valence-electron chi connectivity index (χ2n) is 4.53. The van der Waals surface area contributed by atoms with Crippen LogP contribution in [0.3, 0.4) is 0 Å². The summed E-state index contributed by atoms with van der Waals surface area (Å²) in [5.74, 6) is -2.15. The fraction of sp³-hybridized carbons (Fsp3) is 0.500. The quantitative estimate of drug-likeness (QED) is 0.861. The number of benzene rings is 1. The van der Waals surface area contributed by atoms with E-state index in [1.165, 1.54) is 0 Å². The molecule has 1 heterocycles. The van der Waals surface area contributed by atoms with Gasteiger partial charge in [-0.1, -0.05) is 6.07 Å². The number of hydrogen-bond donors (Lipinski definition) is 2. The Kier molecular flexibility index (Phi) is 4.49. The van der Waals surface area contributed by atoms with Crippen molar-refractivity contribution in [2.75, 3.05) is 13.1 Å². The molecule has 1 fully saturated rings. The smallest absolute Gasteiger partial charge is 0.246 e. The van der Waals surface area contributed by atoms with E-state index in [4.69, 9.17) is 0 Å². The molecule has 1 aromatic carbocycles. The fourth-order valence-electron chi connectivity index (χ4n) is 2.18. The third-order valence-electron chi connectivity index (χ3n) is 3.13. The first kappa shape index (κ1) is 14.4. The molecule has 0 saturated carbocycles. The van der Waals surface area contributed by atoms with Crippen molar-refractivity contribution in [3.8, 4) is 0 Å². The molecular formula is C12H16F2N2O2S. The summed E-state index contributed by atoms with van der Waals surface area (Å²) in [7, 11) is -4.14. The minimum absolute atomic E-state index is 0.160. The van der Waals surface area contributed by atoms with Crippen LogP contribution in [0, 0.1) is 11.6 Å². The Labute approximate surface area is 111 Å². The Balaban J connectivity index is 2.01. The van der Waals surface area contributed by atoms with Gasteiger partial charge in [0.1, 0.15) is 11.6 Å². The lowest BCUT2D eigenvalue weighted by atomic mass is 10.2. The van der Waals surface area contributed by atoms with Gasteiger partial charge < -0.3 is 5.32 Å². The summed E-state index contributed by atoms with van der Waals surface area (Å²) in [5.41, 5.74) is 0. The highest BCUT2D eigenvalue weighted by Gasteiger charge is 2.24. The molecule has 106 valence electrons. The van der Waals surface area contributed by atoms with E-state index in [-0.39, 0.29) is 12.6 Å². The molecule has 1 aromatic rings. The van der Waals surface area contributed by atoms with Crippen molar-refractivity contribution in [3.63, 3.8) is 0 Å². The molecule has 19 heavy (non-hydrogen) atoms. The topological polar surface area (TPSA) is 58.2 Å². The van der Waals surface area contributed by atoms with Crippen LogP contribution in [0.2, 0.25) is 0 Å². The van der Waals surface area contributed by atoms with Crippen molar-refractivity contribution < 1.29 is 17.2 Å². The van der Waals surface area contributed by atoms with Crippen molar-refractivity contribution in [3.05, 3.63) is 29.8 Å². The molecule has 2 N–H and O–H groups in total. The summed E-state index contributed by atoms with van der Waals surface area (Å²) in [6, 6.07) is 3.26. The third kappa shape index (κ3) is 3.49. The van der Waals surface area contributed by atoms with Crippen LogP contribution < -0.4 is 10.0 Å². The first-order valence-corrected chi connectivity index (χ1v) is 7.66. The maximum Gasteiger partial charge on any atom is 0.246 e. The van der Waals surface area contributed by atoms with Gasteiger partial charge in [0, 0.05) is 12.6 Å². The summed E-state index contributed by atoms with van der Waals surface area (Å²) >= 11 is 0. The summed E-state index contributed by atoms with van der Waals surface area (Å²) in [6.45, 7) is 1.09. The van der Waals surface area contributed by atoms with Crippen LogP contribution in [-0.4, -0.2) is 27.5 Å². The first-order chi connectivity index (χ1) is 9.00. The normalized spacial score (nSPS) is 19.8. The molecule has 0 amide bonds. The molecular weight excluding hydrogens is 274 g/mol. The van der Waals surface area contributed by atoms with E-state index in [9.17, 15) is 17.2 Å². The Morgan fingerprint density at radius 1 is 1.32 bits per heavy atom. The van der Waals surface area contributed by atoms with Gasteiger partial charge in [0.25, 0.3) is 0 Å². The number of nitrogens with one attached hydrogen (secondary N) is 2. The Hall–Kier alpha value is -1.05. The predicted molar refractivity (Wildman–Crippen MR) is 67.2 cm³/mol. The zero-order chi connectivity index (χ0) is 13.9. The minimum Gasteiger partial charge on any atom is -0.314 e. The predicted octanol–water partition coefficient (Wildman–Crippen LogP) is 1.39. The lowest BCUT2D eigenvalue weighted by molar-refractivity contribution is 0.507. The van der Waals surface area contributed by atoms with Gasteiger partial charge in [0.2, 0.25) is 10.0 Å². The molecule has 0 aliphatic carbocycles. The standard InChI is InChI=1S/C12H16F2N2O2S/c13-10-4-1-5-11(14)12(10)19(17,18)16-8-6-9-3-2-7-15-9/h1,4-5,9,15-16H,2-3,6-8H2. The summed E-state index contributed by atoms with van der Waals surface area (Å²) in [4.78, 5) is -0.908.